The quantitative estimate of drug-likeness (QED) is 0.607. The number of ether oxygens (including phenoxy) is 2. The van der Waals surface area contributed by atoms with Crippen molar-refractivity contribution in [2.45, 2.75) is 6.92 Å². The molecule has 1 amide bonds. The van der Waals surface area contributed by atoms with Gasteiger partial charge in [-0.3, -0.25) is 9.59 Å². The molecule has 118 valence electrons. The Hall–Kier alpha value is -2.09. The Bertz CT molecular complexity index is 788. The normalized spacial score (nSPS) is 12.6. The maximum absolute atomic E-state index is 12.5. The molecule has 0 unspecified atom stereocenters. The Labute approximate surface area is 147 Å². The lowest BCUT2D eigenvalue weighted by molar-refractivity contribution is 0.101. The summed E-state index contributed by atoms with van der Waals surface area (Å²) in [5.74, 6) is 0.627. The molecule has 2 aromatic rings. The van der Waals surface area contributed by atoms with Gasteiger partial charge in [-0.15, -0.1) is 0 Å². The Morgan fingerprint density at radius 2 is 1.70 bits per heavy atom. The summed E-state index contributed by atoms with van der Waals surface area (Å²) in [5.41, 5.74) is 1.37. The zero-order chi connectivity index (χ0) is 16.4. The van der Waals surface area contributed by atoms with Crippen molar-refractivity contribution in [1.29, 1.82) is 0 Å². The highest BCUT2D eigenvalue weighted by atomic mass is 127. The highest BCUT2D eigenvalue weighted by Crippen LogP contribution is 2.36. The van der Waals surface area contributed by atoms with Crippen molar-refractivity contribution in [3.8, 4) is 11.5 Å². The first-order valence-electron chi connectivity index (χ1n) is 7.06. The number of halogens is 1. The molecule has 23 heavy (non-hydrogen) atoms. The van der Waals surface area contributed by atoms with Crippen LogP contribution in [-0.4, -0.2) is 24.9 Å². The van der Waals surface area contributed by atoms with E-state index in [2.05, 4.69) is 27.9 Å². The number of hydrogen-bond donors (Lipinski definition) is 1. The van der Waals surface area contributed by atoms with Crippen LogP contribution in [0.25, 0.3) is 0 Å². The molecule has 0 atom stereocenters. The third-order valence-corrected chi connectivity index (χ3v) is 4.37. The Morgan fingerprint density at radius 1 is 1.04 bits per heavy atom. The van der Waals surface area contributed by atoms with Crippen molar-refractivity contribution in [2.75, 3.05) is 18.5 Å². The lowest BCUT2D eigenvalue weighted by Gasteiger charge is -2.21. The fourth-order valence-corrected chi connectivity index (χ4v) is 2.95. The van der Waals surface area contributed by atoms with Crippen LogP contribution in [0.5, 0.6) is 11.5 Å². The minimum absolute atomic E-state index is 0.153. The fourth-order valence-electron chi connectivity index (χ4n) is 2.32. The number of fused-ring (bicyclic) bond motifs is 1. The molecule has 0 aromatic heterocycles. The smallest absolute Gasteiger partial charge is 0.256 e. The topological polar surface area (TPSA) is 64.6 Å². The van der Waals surface area contributed by atoms with Gasteiger partial charge in [0.1, 0.15) is 13.2 Å². The zero-order valence-corrected chi connectivity index (χ0v) is 14.5. The molecule has 2 aromatic carbocycles. The molecule has 1 heterocycles. The van der Waals surface area contributed by atoms with Crippen molar-refractivity contribution >= 4 is 40.0 Å². The average Bonchev–Trinajstić information content (AvgIpc) is 2.54. The molecule has 0 saturated carbocycles. The van der Waals surface area contributed by atoms with E-state index in [4.69, 9.17) is 9.47 Å². The van der Waals surface area contributed by atoms with Gasteiger partial charge < -0.3 is 14.8 Å². The summed E-state index contributed by atoms with van der Waals surface area (Å²) in [4.78, 5) is 24.4. The fraction of sp³-hybridized carbons (Fsp3) is 0.176. The second kappa shape index (κ2) is 6.57. The third-order valence-electron chi connectivity index (χ3n) is 3.43. The molecule has 6 heteroatoms. The molecule has 0 saturated heterocycles. The van der Waals surface area contributed by atoms with E-state index >= 15 is 0 Å². The molecule has 0 aliphatic carbocycles. The van der Waals surface area contributed by atoms with Gasteiger partial charge in [0.25, 0.3) is 5.91 Å². The highest BCUT2D eigenvalue weighted by Gasteiger charge is 2.20. The minimum Gasteiger partial charge on any atom is -0.486 e. The summed E-state index contributed by atoms with van der Waals surface area (Å²) < 4.78 is 11.8. The van der Waals surface area contributed by atoms with Gasteiger partial charge in [-0.2, -0.15) is 0 Å². The van der Waals surface area contributed by atoms with Gasteiger partial charge in [0.2, 0.25) is 0 Å². The van der Waals surface area contributed by atoms with E-state index in [9.17, 15) is 9.59 Å². The molecule has 1 aliphatic rings. The maximum Gasteiger partial charge on any atom is 0.256 e. The monoisotopic (exact) mass is 423 g/mol. The van der Waals surface area contributed by atoms with Gasteiger partial charge in [-0.25, -0.2) is 0 Å². The molecule has 0 bridgehead atoms. The lowest BCUT2D eigenvalue weighted by Crippen LogP contribution is -2.19. The molecule has 1 aliphatic heterocycles. The minimum atomic E-state index is -0.269. The molecule has 1 N–H and O–H groups in total. The Morgan fingerprint density at radius 3 is 2.35 bits per heavy atom. The number of carbonyl (C=O) groups is 2. The average molecular weight is 423 g/mol. The Balaban J connectivity index is 1.97. The van der Waals surface area contributed by atoms with Crippen molar-refractivity contribution < 1.29 is 19.1 Å². The summed E-state index contributed by atoms with van der Waals surface area (Å²) in [6.45, 7) is 2.34. The number of anilines is 1. The molecule has 3 rings (SSSR count). The molecule has 0 spiro atoms. The SMILES string of the molecule is CC(=O)c1cc2c(cc1NC(=O)c1ccccc1I)OCCO2. The summed E-state index contributed by atoms with van der Waals surface area (Å²) in [5, 5.41) is 2.80. The predicted octanol–water partition coefficient (Wildman–Crippen LogP) is 3.52. The number of amides is 1. The third kappa shape index (κ3) is 3.31. The number of benzene rings is 2. The van der Waals surface area contributed by atoms with E-state index in [1.807, 2.05) is 12.1 Å². The standard InChI is InChI=1S/C17H14INO4/c1-10(20)12-8-15-16(23-7-6-22-15)9-14(12)19-17(21)11-4-2-3-5-13(11)18/h2-5,8-9H,6-7H2,1H3,(H,19,21). The van der Waals surface area contributed by atoms with Gasteiger partial charge in [0.05, 0.1) is 11.3 Å². The second-order valence-electron chi connectivity index (χ2n) is 5.03. The molecular weight excluding hydrogens is 409 g/mol. The van der Waals surface area contributed by atoms with E-state index in [1.54, 1.807) is 24.3 Å². The number of carbonyl (C=O) groups excluding carboxylic acids is 2. The van der Waals surface area contributed by atoms with E-state index in [0.29, 0.717) is 41.5 Å². The van der Waals surface area contributed by atoms with Crippen LogP contribution in [0, 0.1) is 3.57 Å². The van der Waals surface area contributed by atoms with Crippen LogP contribution in [0.4, 0.5) is 5.69 Å². The number of rotatable bonds is 3. The van der Waals surface area contributed by atoms with Crippen molar-refractivity contribution in [3.63, 3.8) is 0 Å². The van der Waals surface area contributed by atoms with Crippen LogP contribution in [0.2, 0.25) is 0 Å². The van der Waals surface area contributed by atoms with Crippen molar-refractivity contribution in [2.24, 2.45) is 0 Å². The molecule has 5 nitrogen and oxygen atoms in total. The highest BCUT2D eigenvalue weighted by molar-refractivity contribution is 14.1. The largest absolute Gasteiger partial charge is 0.486 e. The van der Waals surface area contributed by atoms with Crippen molar-refractivity contribution in [3.05, 3.63) is 51.1 Å². The lowest BCUT2D eigenvalue weighted by atomic mass is 10.1. The van der Waals surface area contributed by atoms with E-state index < -0.39 is 0 Å². The summed E-state index contributed by atoms with van der Waals surface area (Å²) in [7, 11) is 0. The molecule has 0 radical (unpaired) electrons. The molecule has 0 fully saturated rings. The van der Waals surface area contributed by atoms with Gasteiger partial charge in [0, 0.05) is 15.2 Å². The first-order valence-corrected chi connectivity index (χ1v) is 8.14. The van der Waals surface area contributed by atoms with Crippen LogP contribution in [0.3, 0.4) is 0 Å². The second-order valence-corrected chi connectivity index (χ2v) is 6.19. The van der Waals surface area contributed by atoms with Crippen LogP contribution in [-0.2, 0) is 0 Å². The first-order chi connectivity index (χ1) is 11.1. The number of hydrogen-bond acceptors (Lipinski definition) is 4. The van der Waals surface area contributed by atoms with Crippen LogP contribution in [0.1, 0.15) is 27.6 Å². The van der Waals surface area contributed by atoms with Crippen molar-refractivity contribution in [1.82, 2.24) is 0 Å². The Kier molecular flexibility index (Phi) is 4.51. The van der Waals surface area contributed by atoms with Gasteiger partial charge in [-0.05, 0) is 47.7 Å². The van der Waals surface area contributed by atoms with Crippen LogP contribution < -0.4 is 14.8 Å². The summed E-state index contributed by atoms with van der Waals surface area (Å²) in [6, 6.07) is 10.5. The van der Waals surface area contributed by atoms with E-state index in [-0.39, 0.29) is 11.7 Å². The van der Waals surface area contributed by atoms with E-state index in [0.717, 1.165) is 3.57 Å². The number of nitrogens with one attached hydrogen (secondary N) is 1. The van der Waals surface area contributed by atoms with E-state index in [1.165, 1.54) is 6.92 Å². The number of ketones is 1. The first kappa shape index (κ1) is 15.8. The van der Waals surface area contributed by atoms with Gasteiger partial charge >= 0.3 is 0 Å². The van der Waals surface area contributed by atoms with Crippen LogP contribution in [0.15, 0.2) is 36.4 Å². The number of Topliss-reactive ketones (excluding diaryl/α,β-unsaturated/α-hetero) is 1. The predicted molar refractivity (Wildman–Crippen MR) is 94.5 cm³/mol. The summed E-state index contributed by atoms with van der Waals surface area (Å²) >= 11 is 2.10. The van der Waals surface area contributed by atoms with Gasteiger partial charge in [-0.1, -0.05) is 12.1 Å². The maximum atomic E-state index is 12.5. The summed E-state index contributed by atoms with van der Waals surface area (Å²) in [6.07, 6.45) is 0. The molecular formula is C17H14INO4. The zero-order valence-electron chi connectivity index (χ0n) is 12.4. The van der Waals surface area contributed by atoms with Crippen LogP contribution >= 0.6 is 22.6 Å². The van der Waals surface area contributed by atoms with Gasteiger partial charge in [0.15, 0.2) is 17.3 Å².